The van der Waals surface area contributed by atoms with E-state index >= 15 is 0 Å². The van der Waals surface area contributed by atoms with Crippen molar-refractivity contribution in [3.8, 4) is 0 Å². The van der Waals surface area contributed by atoms with Crippen molar-refractivity contribution in [1.82, 2.24) is 5.43 Å². The van der Waals surface area contributed by atoms with E-state index in [9.17, 15) is 9.59 Å². The number of carbonyl (C=O) groups excluding carboxylic acids is 2. The number of carbonyl (C=O) groups is 2. The molecule has 64 valence electrons. The molecular weight excluding hydrogens is 196 g/mol. The average molecular weight is 202 g/mol. The summed E-state index contributed by atoms with van der Waals surface area (Å²) >= 11 is 2.31. The summed E-state index contributed by atoms with van der Waals surface area (Å²) < 4.78 is 0.540. The predicted octanol–water partition coefficient (Wildman–Crippen LogP) is 0.566. The third kappa shape index (κ3) is 2.71. The van der Waals surface area contributed by atoms with Gasteiger partial charge in [0.05, 0.1) is 0 Å². The first kappa shape index (κ1) is 9.34. The first-order valence-corrected chi connectivity index (χ1v) is 5.08. The van der Waals surface area contributed by atoms with Gasteiger partial charge < -0.3 is 0 Å². The van der Waals surface area contributed by atoms with Crippen molar-refractivity contribution in [2.75, 3.05) is 6.26 Å². The second kappa shape index (κ2) is 4.32. The number of rotatable bonds is 0. The van der Waals surface area contributed by atoms with Crippen LogP contribution in [0.3, 0.4) is 0 Å². The molecule has 1 N–H and O–H groups in total. The SMILES string of the molecule is CS/C1=N/NC(=O)/C=C\C(=O)S1. The van der Waals surface area contributed by atoms with Crippen LogP contribution in [-0.4, -0.2) is 21.7 Å². The van der Waals surface area contributed by atoms with Crippen molar-refractivity contribution in [2.45, 2.75) is 0 Å². The van der Waals surface area contributed by atoms with E-state index in [1.807, 2.05) is 0 Å². The minimum Gasteiger partial charge on any atom is -0.282 e. The van der Waals surface area contributed by atoms with Gasteiger partial charge in [-0.15, -0.1) is 11.8 Å². The Hall–Kier alpha value is -0.750. The van der Waals surface area contributed by atoms with Gasteiger partial charge in [0.2, 0.25) is 5.12 Å². The largest absolute Gasteiger partial charge is 0.282 e. The lowest BCUT2D eigenvalue weighted by Crippen LogP contribution is -2.17. The number of nitrogens with zero attached hydrogens (tertiary/aromatic N) is 1. The molecule has 0 aromatic carbocycles. The third-order valence-electron chi connectivity index (χ3n) is 0.991. The molecule has 0 aliphatic carbocycles. The van der Waals surface area contributed by atoms with Gasteiger partial charge >= 0.3 is 0 Å². The van der Waals surface area contributed by atoms with Gasteiger partial charge in [-0.25, -0.2) is 5.43 Å². The second-order valence-electron chi connectivity index (χ2n) is 1.81. The van der Waals surface area contributed by atoms with Crippen LogP contribution in [0, 0.1) is 0 Å². The van der Waals surface area contributed by atoms with Crippen LogP contribution in [0.15, 0.2) is 17.3 Å². The highest BCUT2D eigenvalue weighted by Crippen LogP contribution is 2.16. The van der Waals surface area contributed by atoms with Crippen LogP contribution in [0.1, 0.15) is 0 Å². The zero-order valence-corrected chi connectivity index (χ0v) is 7.87. The van der Waals surface area contributed by atoms with E-state index in [2.05, 4.69) is 10.5 Å². The van der Waals surface area contributed by atoms with Crippen molar-refractivity contribution < 1.29 is 9.59 Å². The monoisotopic (exact) mass is 202 g/mol. The molecule has 12 heavy (non-hydrogen) atoms. The summed E-state index contributed by atoms with van der Waals surface area (Å²) in [6.45, 7) is 0. The highest BCUT2D eigenvalue weighted by Gasteiger charge is 2.08. The fourth-order valence-electron chi connectivity index (χ4n) is 0.512. The molecule has 1 aliphatic heterocycles. The van der Waals surface area contributed by atoms with Gasteiger partial charge in [0, 0.05) is 6.08 Å². The van der Waals surface area contributed by atoms with Gasteiger partial charge in [0.25, 0.3) is 5.91 Å². The summed E-state index contributed by atoms with van der Waals surface area (Å²) in [5.41, 5.74) is 2.27. The summed E-state index contributed by atoms with van der Waals surface area (Å²) in [5.74, 6) is -0.379. The summed E-state index contributed by atoms with van der Waals surface area (Å²) in [6, 6.07) is 0. The van der Waals surface area contributed by atoms with Gasteiger partial charge in [-0.1, -0.05) is 0 Å². The predicted molar refractivity (Wildman–Crippen MR) is 50.8 cm³/mol. The molecule has 0 bridgehead atoms. The Morgan fingerprint density at radius 2 is 2.25 bits per heavy atom. The molecule has 1 amide bonds. The summed E-state index contributed by atoms with van der Waals surface area (Å²) in [6.07, 6.45) is 4.18. The Bertz CT molecular complexity index is 273. The maximum atomic E-state index is 11.0. The zero-order chi connectivity index (χ0) is 8.97. The minimum absolute atomic E-state index is 0.182. The standard InChI is InChI=1S/C6H6N2O2S2/c1-11-6-8-7-4(9)2-3-5(10)12-6/h2-3H,1H3,(H,7,9)/b3-2-,8-6-. The Kier molecular flexibility index (Phi) is 3.36. The van der Waals surface area contributed by atoms with Gasteiger partial charge in [0.15, 0.2) is 4.38 Å². The molecule has 0 saturated heterocycles. The lowest BCUT2D eigenvalue weighted by molar-refractivity contribution is -0.116. The van der Waals surface area contributed by atoms with Gasteiger partial charge in [-0.2, -0.15) is 5.10 Å². The van der Waals surface area contributed by atoms with Crippen LogP contribution in [-0.2, 0) is 9.59 Å². The van der Waals surface area contributed by atoms with Crippen LogP contribution in [0.5, 0.6) is 0 Å². The van der Waals surface area contributed by atoms with E-state index in [-0.39, 0.29) is 11.0 Å². The average Bonchev–Trinajstić information content (AvgIpc) is 2.06. The summed E-state index contributed by atoms with van der Waals surface area (Å²) in [7, 11) is 0. The van der Waals surface area contributed by atoms with Gasteiger partial charge in [-0.3, -0.25) is 9.59 Å². The van der Waals surface area contributed by atoms with Crippen LogP contribution in [0.2, 0.25) is 0 Å². The van der Waals surface area contributed by atoms with E-state index < -0.39 is 0 Å². The van der Waals surface area contributed by atoms with Crippen molar-refractivity contribution in [2.24, 2.45) is 5.10 Å². The molecule has 4 nitrogen and oxygen atoms in total. The quantitative estimate of drug-likeness (QED) is 0.623. The number of amides is 1. The molecular formula is C6H6N2O2S2. The Morgan fingerprint density at radius 1 is 1.50 bits per heavy atom. The summed E-state index contributed by atoms with van der Waals surface area (Å²) in [5, 5.41) is 3.52. The van der Waals surface area contributed by atoms with Crippen LogP contribution >= 0.6 is 23.5 Å². The van der Waals surface area contributed by atoms with Gasteiger partial charge in [-0.05, 0) is 24.1 Å². The molecule has 0 spiro atoms. The first-order chi connectivity index (χ1) is 5.72. The van der Waals surface area contributed by atoms with E-state index in [1.54, 1.807) is 6.26 Å². The molecule has 0 fully saturated rings. The molecule has 1 aliphatic rings. The molecule has 0 saturated carbocycles. The smallest absolute Gasteiger partial charge is 0.264 e. The topological polar surface area (TPSA) is 58.5 Å². The van der Waals surface area contributed by atoms with Crippen LogP contribution in [0.4, 0.5) is 0 Å². The highest BCUT2D eigenvalue weighted by atomic mass is 32.2. The number of hydrogen-bond acceptors (Lipinski definition) is 5. The van der Waals surface area contributed by atoms with Gasteiger partial charge in [0.1, 0.15) is 0 Å². The van der Waals surface area contributed by atoms with Crippen molar-refractivity contribution >= 4 is 38.9 Å². The fraction of sp³-hybridized carbons (Fsp3) is 0.167. The number of nitrogens with one attached hydrogen (secondary N) is 1. The number of hydrogen-bond donors (Lipinski definition) is 1. The van der Waals surface area contributed by atoms with Crippen LogP contribution in [0.25, 0.3) is 0 Å². The van der Waals surface area contributed by atoms with E-state index in [1.165, 1.54) is 17.8 Å². The Labute approximate surface area is 77.9 Å². The number of hydrazone groups is 1. The lowest BCUT2D eigenvalue weighted by atomic mass is 10.5. The molecule has 1 rings (SSSR count). The van der Waals surface area contributed by atoms with Crippen molar-refractivity contribution in [3.63, 3.8) is 0 Å². The van der Waals surface area contributed by atoms with E-state index in [0.717, 1.165) is 17.8 Å². The Morgan fingerprint density at radius 3 is 2.92 bits per heavy atom. The minimum atomic E-state index is -0.379. The molecule has 0 aromatic rings. The Balaban J connectivity index is 2.76. The highest BCUT2D eigenvalue weighted by molar-refractivity contribution is 8.44. The van der Waals surface area contributed by atoms with E-state index in [0.29, 0.717) is 4.38 Å². The zero-order valence-electron chi connectivity index (χ0n) is 6.23. The van der Waals surface area contributed by atoms with E-state index in [4.69, 9.17) is 0 Å². The maximum absolute atomic E-state index is 11.0. The first-order valence-electron chi connectivity index (χ1n) is 3.04. The number of thioether (sulfide) groups is 2. The molecule has 0 atom stereocenters. The molecule has 0 aromatic heterocycles. The van der Waals surface area contributed by atoms with Crippen LogP contribution < -0.4 is 5.43 Å². The maximum Gasteiger partial charge on any atom is 0.264 e. The molecule has 0 unspecified atom stereocenters. The third-order valence-corrected chi connectivity index (χ3v) is 2.78. The normalized spacial score (nSPS) is 24.9. The molecule has 6 heteroatoms. The van der Waals surface area contributed by atoms with Crippen molar-refractivity contribution in [1.29, 1.82) is 0 Å². The fourth-order valence-corrected chi connectivity index (χ4v) is 1.63. The molecule has 1 heterocycles. The lowest BCUT2D eigenvalue weighted by Gasteiger charge is -2.02. The molecule has 0 radical (unpaired) electrons. The summed E-state index contributed by atoms with van der Waals surface area (Å²) in [4.78, 5) is 21.7. The second-order valence-corrected chi connectivity index (χ2v) is 3.86. The van der Waals surface area contributed by atoms with Crippen molar-refractivity contribution in [3.05, 3.63) is 12.2 Å².